The van der Waals surface area contributed by atoms with Crippen LogP contribution in [0.15, 0.2) is 11.5 Å². The maximum Gasteiger partial charge on any atom is 0.173 e. The Bertz CT molecular complexity index is 214. The number of hydrogen-bond acceptors (Lipinski definition) is 3. The molecule has 0 spiro atoms. The van der Waals surface area contributed by atoms with Crippen molar-refractivity contribution in [1.82, 2.24) is 0 Å². The summed E-state index contributed by atoms with van der Waals surface area (Å²) < 4.78 is 26.8. The Morgan fingerprint density at radius 1 is 1.45 bits per heavy atom. The monoisotopic (exact) mass is 178 g/mol. The standard InChI is InChI=1S/C7H14O3S/c1-7(2)11(8,9)6-4-5-10-3/h4,6-7H,5H2,1-3H3/b6-4+. The molecule has 0 saturated heterocycles. The number of sulfone groups is 1. The molecular formula is C7H14O3S. The topological polar surface area (TPSA) is 43.4 Å². The summed E-state index contributed by atoms with van der Waals surface area (Å²) in [7, 11) is -1.51. The molecule has 0 N–H and O–H groups in total. The zero-order valence-corrected chi connectivity index (χ0v) is 7.89. The Morgan fingerprint density at radius 2 is 2.00 bits per heavy atom. The highest BCUT2D eigenvalue weighted by atomic mass is 32.2. The van der Waals surface area contributed by atoms with Crippen LogP contribution in [0.5, 0.6) is 0 Å². The molecular weight excluding hydrogens is 164 g/mol. The van der Waals surface area contributed by atoms with Gasteiger partial charge in [0.1, 0.15) is 0 Å². The predicted octanol–water partition coefficient (Wildman–Crippen LogP) is 0.970. The third-order valence-corrected chi connectivity index (χ3v) is 3.09. The van der Waals surface area contributed by atoms with Crippen LogP contribution in [0, 0.1) is 0 Å². The molecule has 0 fully saturated rings. The van der Waals surface area contributed by atoms with Gasteiger partial charge in [-0.1, -0.05) is 0 Å². The molecule has 0 aliphatic rings. The average molecular weight is 178 g/mol. The first-order valence-electron chi connectivity index (χ1n) is 3.40. The zero-order chi connectivity index (χ0) is 8.91. The molecule has 0 unspecified atom stereocenters. The van der Waals surface area contributed by atoms with Crippen molar-refractivity contribution in [3.63, 3.8) is 0 Å². The zero-order valence-electron chi connectivity index (χ0n) is 7.07. The van der Waals surface area contributed by atoms with Gasteiger partial charge in [0, 0.05) is 12.5 Å². The molecule has 0 bridgehead atoms. The van der Waals surface area contributed by atoms with E-state index in [0.29, 0.717) is 6.61 Å². The summed E-state index contributed by atoms with van der Waals surface area (Å²) in [6.07, 6.45) is 1.50. The second kappa shape index (κ2) is 4.51. The van der Waals surface area contributed by atoms with E-state index in [1.165, 1.54) is 18.6 Å². The molecule has 0 atom stereocenters. The lowest BCUT2D eigenvalue weighted by Gasteiger charge is -2.00. The molecule has 66 valence electrons. The minimum atomic E-state index is -3.03. The van der Waals surface area contributed by atoms with E-state index in [1.54, 1.807) is 13.8 Å². The fourth-order valence-corrected chi connectivity index (χ4v) is 1.09. The second-order valence-electron chi connectivity index (χ2n) is 2.46. The summed E-state index contributed by atoms with van der Waals surface area (Å²) in [5.74, 6) is 0. The van der Waals surface area contributed by atoms with Gasteiger partial charge >= 0.3 is 0 Å². The maximum absolute atomic E-state index is 11.1. The fourth-order valence-electron chi connectivity index (χ4n) is 0.427. The lowest BCUT2D eigenvalue weighted by molar-refractivity contribution is 0.234. The first-order valence-corrected chi connectivity index (χ1v) is 5.01. The smallest absolute Gasteiger partial charge is 0.173 e. The summed E-state index contributed by atoms with van der Waals surface area (Å²) in [5.41, 5.74) is 0. The first kappa shape index (κ1) is 10.7. The summed E-state index contributed by atoms with van der Waals surface area (Å²) in [6, 6.07) is 0. The SMILES string of the molecule is COC/C=C/S(=O)(=O)C(C)C. The van der Waals surface area contributed by atoms with E-state index >= 15 is 0 Å². The summed E-state index contributed by atoms with van der Waals surface area (Å²) >= 11 is 0. The Balaban J connectivity index is 4.14. The van der Waals surface area contributed by atoms with Crippen molar-refractivity contribution in [3.8, 4) is 0 Å². The average Bonchev–Trinajstić information content (AvgIpc) is 1.88. The van der Waals surface area contributed by atoms with Crippen LogP contribution in [0.4, 0.5) is 0 Å². The van der Waals surface area contributed by atoms with Crippen LogP contribution in [0.3, 0.4) is 0 Å². The Labute approximate surface area is 68.0 Å². The van der Waals surface area contributed by atoms with Gasteiger partial charge in [-0.15, -0.1) is 0 Å². The summed E-state index contributed by atoms with van der Waals surface area (Å²) in [4.78, 5) is 0. The highest BCUT2D eigenvalue weighted by Crippen LogP contribution is 2.01. The molecule has 0 aliphatic carbocycles. The van der Waals surface area contributed by atoms with Crippen molar-refractivity contribution in [3.05, 3.63) is 11.5 Å². The molecule has 0 aliphatic heterocycles. The van der Waals surface area contributed by atoms with Crippen molar-refractivity contribution in [2.24, 2.45) is 0 Å². The Kier molecular flexibility index (Phi) is 4.37. The van der Waals surface area contributed by atoms with Crippen molar-refractivity contribution < 1.29 is 13.2 Å². The molecule has 0 amide bonds. The normalized spacial score (nSPS) is 13.1. The number of methoxy groups -OCH3 is 1. The van der Waals surface area contributed by atoms with E-state index in [9.17, 15) is 8.42 Å². The highest BCUT2D eigenvalue weighted by Gasteiger charge is 2.10. The van der Waals surface area contributed by atoms with E-state index in [4.69, 9.17) is 0 Å². The van der Waals surface area contributed by atoms with Crippen LogP contribution >= 0.6 is 0 Å². The van der Waals surface area contributed by atoms with Crippen molar-refractivity contribution in [2.75, 3.05) is 13.7 Å². The minimum Gasteiger partial charge on any atom is -0.381 e. The first-order chi connectivity index (χ1) is 5.00. The van der Waals surface area contributed by atoms with E-state index in [-0.39, 0.29) is 5.25 Å². The molecule has 0 radical (unpaired) electrons. The van der Waals surface area contributed by atoms with Gasteiger partial charge in [-0.05, 0) is 19.9 Å². The van der Waals surface area contributed by atoms with Crippen molar-refractivity contribution in [2.45, 2.75) is 19.1 Å². The van der Waals surface area contributed by atoms with Gasteiger partial charge in [0.25, 0.3) is 0 Å². The largest absolute Gasteiger partial charge is 0.381 e. The van der Waals surface area contributed by atoms with E-state index in [1.807, 2.05) is 0 Å². The second-order valence-corrected chi connectivity index (χ2v) is 4.86. The molecule has 4 heteroatoms. The Morgan fingerprint density at radius 3 is 2.36 bits per heavy atom. The highest BCUT2D eigenvalue weighted by molar-refractivity contribution is 7.94. The van der Waals surface area contributed by atoms with Gasteiger partial charge in [0.2, 0.25) is 0 Å². The van der Waals surface area contributed by atoms with Crippen LogP contribution in [-0.2, 0) is 14.6 Å². The predicted molar refractivity (Wildman–Crippen MR) is 45.1 cm³/mol. The number of ether oxygens (including phenoxy) is 1. The lowest BCUT2D eigenvalue weighted by atomic mass is 10.6. The third kappa shape index (κ3) is 4.16. The number of hydrogen-bond donors (Lipinski definition) is 0. The molecule has 0 saturated carbocycles. The molecule has 11 heavy (non-hydrogen) atoms. The minimum absolute atomic E-state index is 0.339. The van der Waals surface area contributed by atoms with E-state index in [0.717, 1.165) is 0 Å². The summed E-state index contributed by atoms with van der Waals surface area (Å²) in [6.45, 7) is 3.63. The fraction of sp³-hybridized carbons (Fsp3) is 0.714. The van der Waals surface area contributed by atoms with Gasteiger partial charge in [-0.25, -0.2) is 8.42 Å². The van der Waals surface area contributed by atoms with Crippen LogP contribution < -0.4 is 0 Å². The van der Waals surface area contributed by atoms with E-state index in [2.05, 4.69) is 4.74 Å². The van der Waals surface area contributed by atoms with Crippen LogP contribution in [0.2, 0.25) is 0 Å². The molecule has 3 nitrogen and oxygen atoms in total. The van der Waals surface area contributed by atoms with E-state index < -0.39 is 9.84 Å². The van der Waals surface area contributed by atoms with Crippen molar-refractivity contribution >= 4 is 9.84 Å². The van der Waals surface area contributed by atoms with Crippen LogP contribution in [0.1, 0.15) is 13.8 Å². The van der Waals surface area contributed by atoms with Gasteiger partial charge < -0.3 is 4.74 Å². The molecule has 0 rings (SSSR count). The van der Waals surface area contributed by atoms with Gasteiger partial charge in [-0.3, -0.25) is 0 Å². The van der Waals surface area contributed by atoms with Gasteiger partial charge in [0.05, 0.1) is 11.9 Å². The van der Waals surface area contributed by atoms with Gasteiger partial charge in [0.15, 0.2) is 9.84 Å². The lowest BCUT2D eigenvalue weighted by Crippen LogP contribution is -2.10. The molecule has 0 aromatic rings. The third-order valence-electron chi connectivity index (χ3n) is 1.21. The summed E-state index contributed by atoms with van der Waals surface area (Å²) in [5, 5.41) is 0.844. The quantitative estimate of drug-likeness (QED) is 0.644. The number of rotatable bonds is 4. The maximum atomic E-state index is 11.1. The van der Waals surface area contributed by atoms with Crippen molar-refractivity contribution in [1.29, 1.82) is 0 Å². The van der Waals surface area contributed by atoms with Gasteiger partial charge in [-0.2, -0.15) is 0 Å². The molecule has 0 aromatic carbocycles. The van der Waals surface area contributed by atoms with Crippen LogP contribution in [-0.4, -0.2) is 27.4 Å². The molecule has 0 aromatic heterocycles. The molecule has 0 heterocycles. The Hall–Kier alpha value is -0.350. The van der Waals surface area contributed by atoms with Crippen LogP contribution in [0.25, 0.3) is 0 Å².